The Morgan fingerprint density at radius 1 is 1.08 bits per heavy atom. The van der Waals surface area contributed by atoms with Crippen molar-refractivity contribution in [3.63, 3.8) is 0 Å². The SMILES string of the molecule is O=C(O)C=Cc1c(OCc2cccc(Cl)c2)ccc2ccccc12. The summed E-state index contributed by atoms with van der Waals surface area (Å²) >= 11 is 5.99. The van der Waals surface area contributed by atoms with E-state index in [2.05, 4.69) is 0 Å². The molecule has 3 aromatic rings. The summed E-state index contributed by atoms with van der Waals surface area (Å²) in [4.78, 5) is 10.9. The summed E-state index contributed by atoms with van der Waals surface area (Å²) in [5, 5.41) is 11.6. The number of hydrogen-bond acceptors (Lipinski definition) is 2. The number of fused-ring (bicyclic) bond motifs is 1. The monoisotopic (exact) mass is 338 g/mol. The average Bonchev–Trinajstić information content (AvgIpc) is 2.58. The Morgan fingerprint density at radius 3 is 2.71 bits per heavy atom. The third kappa shape index (κ3) is 3.76. The first-order valence-electron chi connectivity index (χ1n) is 7.43. The first-order chi connectivity index (χ1) is 11.6. The van der Waals surface area contributed by atoms with Gasteiger partial charge in [-0.1, -0.05) is 54.1 Å². The summed E-state index contributed by atoms with van der Waals surface area (Å²) in [5.74, 6) is -0.366. The fourth-order valence-corrected chi connectivity index (χ4v) is 2.73. The van der Waals surface area contributed by atoms with Crippen molar-refractivity contribution in [1.29, 1.82) is 0 Å². The van der Waals surface area contributed by atoms with Crippen molar-refractivity contribution in [1.82, 2.24) is 0 Å². The van der Waals surface area contributed by atoms with E-state index >= 15 is 0 Å². The maximum absolute atomic E-state index is 10.9. The van der Waals surface area contributed by atoms with Crippen LogP contribution in [0.25, 0.3) is 16.8 Å². The lowest BCUT2D eigenvalue weighted by molar-refractivity contribution is -0.131. The fraction of sp³-hybridized carbons (Fsp3) is 0.0500. The first kappa shape index (κ1) is 16.1. The molecule has 0 unspecified atom stereocenters. The van der Waals surface area contributed by atoms with Gasteiger partial charge in [-0.05, 0) is 40.6 Å². The zero-order valence-corrected chi connectivity index (χ0v) is 13.5. The number of hydrogen-bond donors (Lipinski definition) is 1. The van der Waals surface area contributed by atoms with E-state index in [0.29, 0.717) is 17.4 Å². The van der Waals surface area contributed by atoms with Gasteiger partial charge < -0.3 is 9.84 Å². The van der Waals surface area contributed by atoms with Gasteiger partial charge in [0.2, 0.25) is 0 Å². The molecule has 0 saturated heterocycles. The smallest absolute Gasteiger partial charge is 0.328 e. The van der Waals surface area contributed by atoms with Crippen LogP contribution in [0.3, 0.4) is 0 Å². The zero-order valence-electron chi connectivity index (χ0n) is 12.8. The summed E-state index contributed by atoms with van der Waals surface area (Å²) in [6.45, 7) is 0.354. The predicted molar refractivity (Wildman–Crippen MR) is 96.4 cm³/mol. The van der Waals surface area contributed by atoms with Gasteiger partial charge in [0, 0.05) is 16.7 Å². The lowest BCUT2D eigenvalue weighted by Crippen LogP contribution is -1.98. The number of aliphatic carboxylic acids is 1. The van der Waals surface area contributed by atoms with Crippen molar-refractivity contribution in [2.24, 2.45) is 0 Å². The highest BCUT2D eigenvalue weighted by Crippen LogP contribution is 2.30. The molecule has 1 N–H and O–H groups in total. The molecule has 0 aromatic heterocycles. The quantitative estimate of drug-likeness (QED) is 0.653. The van der Waals surface area contributed by atoms with Crippen LogP contribution in [0.1, 0.15) is 11.1 Å². The van der Waals surface area contributed by atoms with Gasteiger partial charge >= 0.3 is 5.97 Å². The van der Waals surface area contributed by atoms with Crippen LogP contribution in [0.2, 0.25) is 5.02 Å². The fourth-order valence-electron chi connectivity index (χ4n) is 2.52. The molecule has 0 aliphatic heterocycles. The minimum absolute atomic E-state index is 0.354. The van der Waals surface area contributed by atoms with Crippen LogP contribution >= 0.6 is 11.6 Å². The van der Waals surface area contributed by atoms with Crippen LogP contribution in [-0.4, -0.2) is 11.1 Å². The molecule has 0 amide bonds. The Balaban J connectivity index is 1.97. The van der Waals surface area contributed by atoms with Gasteiger partial charge in [0.25, 0.3) is 0 Å². The molecule has 0 aliphatic rings. The normalized spacial score (nSPS) is 11.0. The van der Waals surface area contributed by atoms with Gasteiger partial charge in [-0.2, -0.15) is 0 Å². The van der Waals surface area contributed by atoms with Crippen LogP contribution < -0.4 is 4.74 Å². The average molecular weight is 339 g/mol. The van der Waals surface area contributed by atoms with E-state index in [1.54, 1.807) is 6.08 Å². The summed E-state index contributed by atoms with van der Waals surface area (Å²) in [6.07, 6.45) is 2.69. The molecular formula is C20H15ClO3. The molecule has 0 fully saturated rings. The molecule has 0 bridgehead atoms. The van der Waals surface area contributed by atoms with Crippen LogP contribution in [-0.2, 0) is 11.4 Å². The number of benzene rings is 3. The second-order valence-electron chi connectivity index (χ2n) is 5.29. The van der Waals surface area contributed by atoms with Gasteiger partial charge in [-0.15, -0.1) is 0 Å². The summed E-state index contributed by atoms with van der Waals surface area (Å²) < 4.78 is 5.92. The number of ether oxygens (including phenoxy) is 1. The maximum Gasteiger partial charge on any atom is 0.328 e. The van der Waals surface area contributed by atoms with Gasteiger partial charge in [0.15, 0.2) is 0 Å². The highest BCUT2D eigenvalue weighted by Gasteiger charge is 2.07. The zero-order chi connectivity index (χ0) is 16.9. The number of rotatable bonds is 5. The van der Waals surface area contributed by atoms with Crippen LogP contribution in [0.15, 0.2) is 66.7 Å². The standard InChI is InChI=1S/C20H15ClO3/c21-16-6-3-4-14(12-16)13-24-19-10-8-15-5-1-2-7-17(15)18(19)9-11-20(22)23/h1-12H,13H2,(H,22,23). The third-order valence-corrected chi connectivity index (χ3v) is 3.84. The molecule has 3 nitrogen and oxygen atoms in total. The van der Waals surface area contributed by atoms with Gasteiger partial charge in [0.05, 0.1) is 0 Å². The highest BCUT2D eigenvalue weighted by atomic mass is 35.5. The number of halogens is 1. The van der Waals surface area contributed by atoms with Crippen LogP contribution in [0.5, 0.6) is 5.75 Å². The Labute approximate surface area is 144 Å². The molecule has 0 aliphatic carbocycles. The summed E-state index contributed by atoms with van der Waals surface area (Å²) in [6, 6.07) is 19.1. The third-order valence-electron chi connectivity index (χ3n) is 3.61. The Morgan fingerprint density at radius 2 is 1.92 bits per heavy atom. The highest BCUT2D eigenvalue weighted by molar-refractivity contribution is 6.30. The summed E-state index contributed by atoms with van der Waals surface area (Å²) in [7, 11) is 0. The second kappa shape index (κ2) is 7.20. The van der Waals surface area contributed by atoms with E-state index in [4.69, 9.17) is 21.4 Å². The molecule has 3 rings (SSSR count). The topological polar surface area (TPSA) is 46.5 Å². The van der Waals surface area contributed by atoms with Crippen LogP contribution in [0.4, 0.5) is 0 Å². The minimum Gasteiger partial charge on any atom is -0.488 e. The molecule has 120 valence electrons. The Hall–Kier alpha value is -2.78. The second-order valence-corrected chi connectivity index (χ2v) is 5.73. The lowest BCUT2D eigenvalue weighted by atomic mass is 10.0. The van der Waals surface area contributed by atoms with E-state index < -0.39 is 5.97 Å². The van der Waals surface area contributed by atoms with Crippen LogP contribution in [0, 0.1) is 0 Å². The number of carboxylic acids is 1. The first-order valence-corrected chi connectivity index (χ1v) is 7.81. The number of carbonyl (C=O) groups is 1. The molecular weight excluding hydrogens is 324 g/mol. The molecule has 3 aromatic carbocycles. The van der Waals surface area contributed by atoms with E-state index in [0.717, 1.165) is 28.0 Å². The molecule has 24 heavy (non-hydrogen) atoms. The van der Waals surface area contributed by atoms with E-state index in [1.165, 1.54) is 0 Å². The predicted octanol–water partition coefficient (Wildman–Crippen LogP) is 5.17. The van der Waals surface area contributed by atoms with Crippen molar-refractivity contribution >= 4 is 34.4 Å². The van der Waals surface area contributed by atoms with E-state index in [-0.39, 0.29) is 0 Å². The molecule has 0 spiro atoms. The van der Waals surface area contributed by atoms with Crippen molar-refractivity contribution in [3.8, 4) is 5.75 Å². The number of carboxylic acid groups (broad SMARTS) is 1. The molecule has 0 radical (unpaired) electrons. The maximum atomic E-state index is 10.9. The molecule has 4 heteroatoms. The largest absolute Gasteiger partial charge is 0.488 e. The van der Waals surface area contributed by atoms with E-state index in [9.17, 15) is 4.79 Å². The van der Waals surface area contributed by atoms with Gasteiger partial charge in [-0.25, -0.2) is 4.79 Å². The minimum atomic E-state index is -0.997. The van der Waals surface area contributed by atoms with Crippen molar-refractivity contribution in [2.75, 3.05) is 0 Å². The van der Waals surface area contributed by atoms with Gasteiger partial charge in [-0.3, -0.25) is 0 Å². The van der Waals surface area contributed by atoms with E-state index in [1.807, 2.05) is 60.7 Å². The Kier molecular flexibility index (Phi) is 4.82. The Bertz CT molecular complexity index is 916. The molecule has 0 heterocycles. The van der Waals surface area contributed by atoms with Crippen molar-refractivity contribution in [2.45, 2.75) is 6.61 Å². The lowest BCUT2D eigenvalue weighted by Gasteiger charge is -2.12. The summed E-state index contributed by atoms with van der Waals surface area (Å²) in [5.41, 5.74) is 1.70. The van der Waals surface area contributed by atoms with Crippen molar-refractivity contribution in [3.05, 3.63) is 82.9 Å². The van der Waals surface area contributed by atoms with Gasteiger partial charge in [0.1, 0.15) is 12.4 Å². The molecule has 0 atom stereocenters. The molecule has 0 saturated carbocycles. The van der Waals surface area contributed by atoms with Crippen molar-refractivity contribution < 1.29 is 14.6 Å².